The van der Waals surface area contributed by atoms with E-state index in [-0.39, 0.29) is 23.7 Å². The van der Waals surface area contributed by atoms with E-state index in [9.17, 15) is 9.59 Å². The maximum atomic E-state index is 12.3. The highest BCUT2D eigenvalue weighted by Gasteiger charge is 2.20. The van der Waals surface area contributed by atoms with E-state index < -0.39 is 5.91 Å². The van der Waals surface area contributed by atoms with E-state index in [1.54, 1.807) is 26.1 Å². The van der Waals surface area contributed by atoms with Crippen molar-refractivity contribution >= 4 is 11.8 Å². The van der Waals surface area contributed by atoms with E-state index in [1.165, 1.54) is 17.2 Å². The molecule has 2 heterocycles. The van der Waals surface area contributed by atoms with Gasteiger partial charge in [0.1, 0.15) is 17.1 Å². The Morgan fingerprint density at radius 3 is 2.80 bits per heavy atom. The molecule has 0 aliphatic rings. The Balaban J connectivity index is 2.20. The molecule has 2 rings (SSSR count). The number of rotatable bonds is 4. The van der Waals surface area contributed by atoms with Crippen LogP contribution in [-0.4, -0.2) is 33.9 Å². The number of nitrogens with two attached hydrogens (primary N) is 1. The van der Waals surface area contributed by atoms with Crippen LogP contribution < -0.4 is 5.73 Å². The summed E-state index contributed by atoms with van der Waals surface area (Å²) in [5.74, 6) is -0.424. The van der Waals surface area contributed by atoms with E-state index in [1.807, 2.05) is 0 Å². The third-order valence-electron chi connectivity index (χ3n) is 2.69. The Morgan fingerprint density at radius 1 is 1.45 bits per heavy atom. The molecular formula is C13H14N4O3. The van der Waals surface area contributed by atoms with Crippen molar-refractivity contribution in [2.45, 2.75) is 13.5 Å². The number of hydrogen-bond donors (Lipinski definition) is 1. The van der Waals surface area contributed by atoms with E-state index >= 15 is 0 Å². The van der Waals surface area contributed by atoms with Gasteiger partial charge in [0.25, 0.3) is 11.8 Å². The van der Waals surface area contributed by atoms with Crippen LogP contribution >= 0.6 is 0 Å². The van der Waals surface area contributed by atoms with Crippen LogP contribution in [0.4, 0.5) is 0 Å². The largest absolute Gasteiger partial charge is 0.364 e. The first kappa shape index (κ1) is 13.7. The molecular weight excluding hydrogens is 260 g/mol. The van der Waals surface area contributed by atoms with Crippen molar-refractivity contribution in [3.8, 4) is 0 Å². The van der Waals surface area contributed by atoms with Gasteiger partial charge >= 0.3 is 0 Å². The minimum absolute atomic E-state index is 0.0410. The first-order chi connectivity index (χ1) is 9.49. The van der Waals surface area contributed by atoms with Crippen molar-refractivity contribution in [3.05, 3.63) is 47.1 Å². The molecule has 0 saturated heterocycles. The molecule has 20 heavy (non-hydrogen) atoms. The number of nitrogens with zero attached hydrogens (tertiary/aromatic N) is 3. The molecule has 2 aromatic rings. The number of amides is 2. The standard InChI is InChI=1S/C13H14N4O3/c1-8-6-9(16-20-8)7-17(2)13(19)10-4-3-5-15-11(10)12(14)18/h3-6H,7H2,1-2H3,(H2,14,18). The zero-order valence-corrected chi connectivity index (χ0v) is 11.2. The minimum Gasteiger partial charge on any atom is -0.364 e. The van der Waals surface area contributed by atoms with E-state index in [4.69, 9.17) is 10.3 Å². The number of aryl methyl sites for hydroxylation is 1. The van der Waals surface area contributed by atoms with Gasteiger partial charge in [-0.25, -0.2) is 0 Å². The number of hydrogen-bond acceptors (Lipinski definition) is 5. The van der Waals surface area contributed by atoms with E-state index in [0.717, 1.165) is 0 Å². The fourth-order valence-electron chi connectivity index (χ4n) is 1.79. The fraction of sp³-hybridized carbons (Fsp3) is 0.231. The van der Waals surface area contributed by atoms with E-state index in [2.05, 4.69) is 10.1 Å². The molecule has 0 atom stereocenters. The lowest BCUT2D eigenvalue weighted by Gasteiger charge is -2.16. The number of pyridine rings is 1. The predicted molar refractivity (Wildman–Crippen MR) is 69.8 cm³/mol. The van der Waals surface area contributed by atoms with Gasteiger partial charge in [-0.05, 0) is 19.1 Å². The Hall–Kier alpha value is -2.70. The molecule has 7 heteroatoms. The number of carbonyl (C=O) groups excluding carboxylic acids is 2. The lowest BCUT2D eigenvalue weighted by Crippen LogP contribution is -2.29. The highest BCUT2D eigenvalue weighted by atomic mass is 16.5. The maximum absolute atomic E-state index is 12.3. The summed E-state index contributed by atoms with van der Waals surface area (Å²) in [6.45, 7) is 2.04. The second kappa shape index (κ2) is 5.52. The second-order valence-electron chi connectivity index (χ2n) is 4.35. The molecule has 0 saturated carbocycles. The molecule has 2 amide bonds. The Labute approximate surface area is 115 Å². The first-order valence-electron chi connectivity index (χ1n) is 5.91. The highest BCUT2D eigenvalue weighted by molar-refractivity contribution is 6.05. The van der Waals surface area contributed by atoms with Gasteiger partial charge < -0.3 is 15.2 Å². The summed E-state index contributed by atoms with van der Waals surface area (Å²) >= 11 is 0. The molecule has 2 aromatic heterocycles. The van der Waals surface area contributed by atoms with Crippen molar-refractivity contribution < 1.29 is 14.1 Å². The van der Waals surface area contributed by atoms with Gasteiger partial charge in [0.05, 0.1) is 12.1 Å². The van der Waals surface area contributed by atoms with Crippen molar-refractivity contribution in [2.24, 2.45) is 5.73 Å². The number of aromatic nitrogens is 2. The quantitative estimate of drug-likeness (QED) is 0.886. The average molecular weight is 274 g/mol. The van der Waals surface area contributed by atoms with Crippen molar-refractivity contribution in [1.82, 2.24) is 15.0 Å². The molecule has 0 fully saturated rings. The van der Waals surface area contributed by atoms with Crippen molar-refractivity contribution in [3.63, 3.8) is 0 Å². The molecule has 0 bridgehead atoms. The van der Waals surface area contributed by atoms with Gasteiger partial charge in [-0.2, -0.15) is 0 Å². The molecule has 0 unspecified atom stereocenters. The summed E-state index contributed by atoms with van der Waals surface area (Å²) in [7, 11) is 1.60. The Kier molecular flexibility index (Phi) is 3.79. The molecule has 0 radical (unpaired) electrons. The summed E-state index contributed by atoms with van der Waals surface area (Å²) in [4.78, 5) is 28.8. The molecule has 104 valence electrons. The molecule has 0 aliphatic heterocycles. The van der Waals surface area contributed by atoms with Gasteiger partial charge in [-0.3, -0.25) is 14.6 Å². The molecule has 0 aliphatic carbocycles. The Morgan fingerprint density at radius 2 is 2.20 bits per heavy atom. The zero-order chi connectivity index (χ0) is 14.7. The van der Waals surface area contributed by atoms with E-state index in [0.29, 0.717) is 11.5 Å². The van der Waals surface area contributed by atoms with Gasteiger partial charge in [0.15, 0.2) is 0 Å². The van der Waals surface area contributed by atoms with Gasteiger partial charge in [-0.15, -0.1) is 0 Å². The monoisotopic (exact) mass is 274 g/mol. The number of carbonyl (C=O) groups is 2. The van der Waals surface area contributed by atoms with Crippen LogP contribution in [-0.2, 0) is 6.54 Å². The molecule has 7 nitrogen and oxygen atoms in total. The number of primary amides is 1. The summed E-state index contributed by atoms with van der Waals surface area (Å²) < 4.78 is 4.94. The smallest absolute Gasteiger partial charge is 0.268 e. The van der Waals surface area contributed by atoms with Crippen LogP contribution in [0.1, 0.15) is 32.3 Å². The summed E-state index contributed by atoms with van der Waals surface area (Å²) in [6.07, 6.45) is 1.41. The minimum atomic E-state index is -0.736. The lowest BCUT2D eigenvalue weighted by molar-refractivity contribution is 0.0775. The van der Waals surface area contributed by atoms with Gasteiger partial charge in [0, 0.05) is 19.3 Å². The van der Waals surface area contributed by atoms with Crippen molar-refractivity contribution in [2.75, 3.05) is 7.05 Å². The Bertz CT molecular complexity index is 651. The second-order valence-corrected chi connectivity index (χ2v) is 4.35. The van der Waals surface area contributed by atoms with Crippen LogP contribution in [0.15, 0.2) is 28.9 Å². The maximum Gasteiger partial charge on any atom is 0.268 e. The normalized spacial score (nSPS) is 10.3. The van der Waals surface area contributed by atoms with Crippen molar-refractivity contribution in [1.29, 1.82) is 0 Å². The average Bonchev–Trinajstić information content (AvgIpc) is 2.83. The lowest BCUT2D eigenvalue weighted by atomic mass is 10.1. The topological polar surface area (TPSA) is 102 Å². The van der Waals surface area contributed by atoms with Crippen LogP contribution in [0.25, 0.3) is 0 Å². The third-order valence-corrected chi connectivity index (χ3v) is 2.69. The first-order valence-corrected chi connectivity index (χ1v) is 5.91. The van der Waals surface area contributed by atoms with Crippen LogP contribution in [0.3, 0.4) is 0 Å². The zero-order valence-electron chi connectivity index (χ0n) is 11.2. The molecule has 0 spiro atoms. The summed E-state index contributed by atoms with van der Waals surface area (Å²) in [5, 5.41) is 3.81. The van der Waals surface area contributed by atoms with Crippen LogP contribution in [0.2, 0.25) is 0 Å². The van der Waals surface area contributed by atoms with Crippen LogP contribution in [0, 0.1) is 6.92 Å². The fourth-order valence-corrected chi connectivity index (χ4v) is 1.79. The molecule has 0 aromatic carbocycles. The summed E-state index contributed by atoms with van der Waals surface area (Å²) in [6, 6.07) is 4.83. The van der Waals surface area contributed by atoms with Gasteiger partial charge in [0.2, 0.25) is 0 Å². The highest BCUT2D eigenvalue weighted by Crippen LogP contribution is 2.11. The SMILES string of the molecule is Cc1cc(CN(C)C(=O)c2cccnc2C(N)=O)no1. The molecule has 2 N–H and O–H groups in total. The van der Waals surface area contributed by atoms with Gasteiger partial charge in [-0.1, -0.05) is 5.16 Å². The summed E-state index contributed by atoms with van der Waals surface area (Å²) in [5.41, 5.74) is 5.96. The predicted octanol–water partition coefficient (Wildman–Crippen LogP) is 0.749. The van der Waals surface area contributed by atoms with Crippen LogP contribution in [0.5, 0.6) is 0 Å². The third kappa shape index (κ3) is 2.82.